The van der Waals surface area contributed by atoms with Crippen LogP contribution in [0.25, 0.3) is 0 Å². The number of hydrogen-bond acceptors (Lipinski definition) is 5. The summed E-state index contributed by atoms with van der Waals surface area (Å²) in [6.07, 6.45) is 0.471. The molecule has 4 rings (SSSR count). The number of fused-ring (bicyclic) bond motifs is 1. The van der Waals surface area contributed by atoms with Crippen molar-refractivity contribution >= 4 is 45.5 Å². The molecular formula is C25H22FN3O2S. The highest BCUT2D eigenvalue weighted by Gasteiger charge is 2.17. The summed E-state index contributed by atoms with van der Waals surface area (Å²) in [5.74, 6) is 0.106. The highest BCUT2D eigenvalue weighted by molar-refractivity contribution is 8.14. The van der Waals surface area contributed by atoms with Crippen LogP contribution < -0.4 is 10.1 Å². The van der Waals surface area contributed by atoms with E-state index in [0.29, 0.717) is 6.42 Å². The maximum Gasteiger partial charge on any atom is 0.234 e. The van der Waals surface area contributed by atoms with Crippen LogP contribution >= 0.6 is 11.8 Å². The van der Waals surface area contributed by atoms with Gasteiger partial charge in [-0.1, -0.05) is 30.3 Å². The van der Waals surface area contributed by atoms with Crippen molar-refractivity contribution in [3.8, 4) is 5.75 Å². The Morgan fingerprint density at radius 3 is 2.62 bits per heavy atom. The third-order valence-electron chi connectivity index (χ3n) is 4.87. The van der Waals surface area contributed by atoms with Crippen LogP contribution in [0.4, 0.5) is 21.5 Å². The Balaban J connectivity index is 1.54. The lowest BCUT2D eigenvalue weighted by atomic mass is 10.1. The number of hydrogen-bond donors (Lipinski definition) is 1. The third kappa shape index (κ3) is 5.23. The number of benzene rings is 3. The first-order valence-electron chi connectivity index (χ1n) is 10.1. The predicted octanol–water partition coefficient (Wildman–Crippen LogP) is 6.07. The van der Waals surface area contributed by atoms with Crippen LogP contribution in [0.15, 0.2) is 76.7 Å². The highest BCUT2D eigenvalue weighted by Crippen LogP contribution is 2.33. The number of halogens is 1. The van der Waals surface area contributed by atoms with Crippen molar-refractivity contribution in [1.29, 1.82) is 0 Å². The van der Waals surface area contributed by atoms with Gasteiger partial charge >= 0.3 is 0 Å². The number of methoxy groups -OCH3 is 1. The van der Waals surface area contributed by atoms with E-state index in [4.69, 9.17) is 14.7 Å². The van der Waals surface area contributed by atoms with Gasteiger partial charge in [0.25, 0.3) is 0 Å². The van der Waals surface area contributed by atoms with Crippen molar-refractivity contribution < 1.29 is 13.9 Å². The molecule has 1 aliphatic rings. The molecule has 1 heterocycles. The Morgan fingerprint density at radius 2 is 1.84 bits per heavy atom. The second kappa shape index (κ2) is 9.78. The van der Waals surface area contributed by atoms with Crippen LogP contribution in [-0.4, -0.2) is 29.5 Å². The Bertz CT molecular complexity index is 1220. The first-order chi connectivity index (χ1) is 15.5. The van der Waals surface area contributed by atoms with Gasteiger partial charge in [-0.05, 0) is 48.9 Å². The highest BCUT2D eigenvalue weighted by atomic mass is 32.2. The average Bonchev–Trinajstić information content (AvgIpc) is 2.99. The van der Waals surface area contributed by atoms with Gasteiger partial charge in [0.15, 0.2) is 0 Å². The molecule has 0 bridgehead atoms. The van der Waals surface area contributed by atoms with E-state index in [1.54, 1.807) is 19.2 Å². The minimum atomic E-state index is -0.456. The van der Waals surface area contributed by atoms with Crippen molar-refractivity contribution in [2.45, 2.75) is 13.3 Å². The predicted molar refractivity (Wildman–Crippen MR) is 130 cm³/mol. The second-order valence-corrected chi connectivity index (χ2v) is 8.33. The normalized spacial score (nSPS) is 12.8. The molecule has 0 atom stereocenters. The molecule has 0 saturated heterocycles. The van der Waals surface area contributed by atoms with Crippen LogP contribution in [0.3, 0.4) is 0 Å². The van der Waals surface area contributed by atoms with Gasteiger partial charge in [-0.25, -0.2) is 9.38 Å². The van der Waals surface area contributed by atoms with E-state index in [-0.39, 0.29) is 17.3 Å². The summed E-state index contributed by atoms with van der Waals surface area (Å²) < 4.78 is 19.3. The number of thioether (sulfide) groups is 1. The van der Waals surface area contributed by atoms with E-state index < -0.39 is 5.82 Å². The fraction of sp³-hybridized carbons (Fsp3) is 0.160. The molecule has 3 aromatic rings. The standard InChI is InChI=1S/C25H22FN3O2S/c1-16-10-11-19(26)23(12-16)28-24(30)15-32-25-14-22(17-6-5-7-18(13-17)31-2)27-20-8-3-4-9-21(20)29-25/h3-13H,14-15H2,1-2H3,(H,28,30). The molecule has 3 aromatic carbocycles. The topological polar surface area (TPSA) is 63.1 Å². The largest absolute Gasteiger partial charge is 0.497 e. The third-order valence-corrected chi connectivity index (χ3v) is 5.85. The number of nitrogens with one attached hydrogen (secondary N) is 1. The van der Waals surface area contributed by atoms with E-state index >= 15 is 0 Å². The molecule has 0 aromatic heterocycles. The Kier molecular flexibility index (Phi) is 6.66. The number of carbonyl (C=O) groups is 1. The number of ether oxygens (including phenoxy) is 1. The minimum absolute atomic E-state index is 0.111. The molecular weight excluding hydrogens is 425 g/mol. The first kappa shape index (κ1) is 21.8. The van der Waals surface area contributed by atoms with Gasteiger partial charge in [-0.15, -0.1) is 11.8 Å². The number of rotatable bonds is 5. The lowest BCUT2D eigenvalue weighted by molar-refractivity contribution is -0.113. The summed E-state index contributed by atoms with van der Waals surface area (Å²) in [7, 11) is 1.63. The van der Waals surface area contributed by atoms with Gasteiger partial charge in [0.05, 0.1) is 40.7 Å². The van der Waals surface area contributed by atoms with E-state index in [0.717, 1.165) is 39.0 Å². The zero-order chi connectivity index (χ0) is 22.5. The van der Waals surface area contributed by atoms with Crippen molar-refractivity contribution in [3.63, 3.8) is 0 Å². The number of aliphatic imine (C=N–C) groups is 2. The number of anilines is 1. The molecule has 1 amide bonds. The zero-order valence-corrected chi connectivity index (χ0v) is 18.6. The molecule has 162 valence electrons. The molecule has 0 spiro atoms. The molecule has 0 unspecified atom stereocenters. The molecule has 1 N–H and O–H groups in total. The molecule has 1 aliphatic heterocycles. The quantitative estimate of drug-likeness (QED) is 0.516. The maximum absolute atomic E-state index is 14.0. The summed E-state index contributed by atoms with van der Waals surface area (Å²) in [5.41, 5.74) is 4.34. The first-order valence-corrected chi connectivity index (χ1v) is 11.1. The van der Waals surface area contributed by atoms with Crippen LogP contribution in [0.1, 0.15) is 17.5 Å². The van der Waals surface area contributed by atoms with Crippen molar-refractivity contribution in [2.24, 2.45) is 9.98 Å². The van der Waals surface area contributed by atoms with Gasteiger partial charge in [0.2, 0.25) is 5.91 Å². The van der Waals surface area contributed by atoms with Crippen molar-refractivity contribution in [2.75, 3.05) is 18.2 Å². The minimum Gasteiger partial charge on any atom is -0.497 e. The number of aryl methyl sites for hydroxylation is 1. The summed E-state index contributed by atoms with van der Waals surface area (Å²) in [4.78, 5) is 22.1. The average molecular weight is 448 g/mol. The zero-order valence-electron chi connectivity index (χ0n) is 17.8. The summed E-state index contributed by atoms with van der Waals surface area (Å²) in [5, 5.41) is 3.41. The SMILES string of the molecule is COc1cccc(C2=Nc3ccccc3N=C(SCC(=O)Nc3cc(C)ccc3F)C2)c1. The number of para-hydroxylation sites is 2. The molecule has 0 radical (unpaired) electrons. The van der Waals surface area contributed by atoms with Crippen LogP contribution in [0.2, 0.25) is 0 Å². The smallest absolute Gasteiger partial charge is 0.234 e. The summed E-state index contributed by atoms with van der Waals surface area (Å²) in [6.45, 7) is 1.85. The van der Waals surface area contributed by atoms with Crippen molar-refractivity contribution in [3.05, 3.63) is 83.7 Å². The van der Waals surface area contributed by atoms with Crippen molar-refractivity contribution in [1.82, 2.24) is 0 Å². The fourth-order valence-corrected chi connectivity index (χ4v) is 4.05. The maximum atomic E-state index is 14.0. The Labute approximate surface area is 190 Å². The Morgan fingerprint density at radius 1 is 1.06 bits per heavy atom. The second-order valence-electron chi connectivity index (χ2n) is 7.28. The summed E-state index contributed by atoms with van der Waals surface area (Å²) >= 11 is 1.32. The number of nitrogens with zero attached hydrogens (tertiary/aromatic N) is 2. The van der Waals surface area contributed by atoms with E-state index in [9.17, 15) is 9.18 Å². The van der Waals surface area contributed by atoms with E-state index in [1.165, 1.54) is 17.8 Å². The van der Waals surface area contributed by atoms with Gasteiger partial charge in [-0.2, -0.15) is 0 Å². The fourth-order valence-electron chi connectivity index (χ4n) is 3.28. The number of amides is 1. The number of carbonyl (C=O) groups excluding carboxylic acids is 1. The molecule has 0 fully saturated rings. The van der Waals surface area contributed by atoms with E-state index in [2.05, 4.69) is 5.32 Å². The van der Waals surface area contributed by atoms with Crippen LogP contribution in [-0.2, 0) is 4.79 Å². The molecule has 32 heavy (non-hydrogen) atoms. The van der Waals surface area contributed by atoms with Gasteiger partial charge in [0, 0.05) is 12.0 Å². The Hall–Kier alpha value is -3.45. The summed E-state index contributed by atoms with van der Waals surface area (Å²) in [6, 6.07) is 20.0. The molecule has 5 nitrogen and oxygen atoms in total. The molecule has 0 aliphatic carbocycles. The lowest BCUT2D eigenvalue weighted by Gasteiger charge is -2.10. The monoisotopic (exact) mass is 447 g/mol. The van der Waals surface area contributed by atoms with E-state index in [1.807, 2.05) is 55.5 Å². The van der Waals surface area contributed by atoms with Crippen LogP contribution in [0, 0.1) is 12.7 Å². The van der Waals surface area contributed by atoms with Gasteiger partial charge < -0.3 is 10.1 Å². The lowest BCUT2D eigenvalue weighted by Crippen LogP contribution is -2.17. The van der Waals surface area contributed by atoms with Gasteiger partial charge in [0.1, 0.15) is 11.6 Å². The molecule has 7 heteroatoms. The van der Waals surface area contributed by atoms with Gasteiger partial charge in [-0.3, -0.25) is 9.79 Å². The molecule has 0 saturated carbocycles. The van der Waals surface area contributed by atoms with Crippen LogP contribution in [0.5, 0.6) is 5.75 Å².